The number of hydrogen-bond acceptors (Lipinski definition) is 10. The van der Waals surface area contributed by atoms with Crippen molar-refractivity contribution in [2.75, 3.05) is 0 Å². The minimum Gasteiger partial charge on any atom is -0.459 e. The second kappa shape index (κ2) is 10.8. The van der Waals surface area contributed by atoms with Crippen LogP contribution in [0, 0.1) is 20.2 Å². The molecule has 0 saturated carbocycles. The molecule has 0 aliphatic carbocycles. The fraction of sp³-hybridized carbons (Fsp3) is 0.600. The number of aromatic nitrogens is 4. The van der Waals surface area contributed by atoms with Crippen molar-refractivity contribution in [3.05, 3.63) is 44.3 Å². The second-order valence-electron chi connectivity index (χ2n) is 9.60. The van der Waals surface area contributed by atoms with E-state index in [4.69, 9.17) is 32.7 Å². The normalized spacial score (nSPS) is 13.7. The van der Waals surface area contributed by atoms with Gasteiger partial charge in [0.1, 0.15) is 22.6 Å². The lowest BCUT2D eigenvalue weighted by molar-refractivity contribution is -0.390. The van der Waals surface area contributed by atoms with Crippen molar-refractivity contribution < 1.29 is 28.9 Å². The van der Waals surface area contributed by atoms with Crippen LogP contribution in [0.2, 0.25) is 0 Å². The highest BCUT2D eigenvalue weighted by Gasteiger charge is 2.37. The molecule has 0 aliphatic rings. The third kappa shape index (κ3) is 7.13. The summed E-state index contributed by atoms with van der Waals surface area (Å²) < 4.78 is 12.9. The van der Waals surface area contributed by atoms with E-state index < -0.39 is 55.4 Å². The van der Waals surface area contributed by atoms with E-state index in [2.05, 4.69) is 9.97 Å². The SMILES string of the molecule is CC(C)(C)OC(=O)C(Cl)c1c([N+](=O)[O-])ncn1CCn1cnc([N+](=O)[O-])c1C(Cl)C(=O)OC(C)(C)C. The number of aryl methyl sites for hydroxylation is 2. The molecule has 0 spiro atoms. The van der Waals surface area contributed by atoms with Gasteiger partial charge < -0.3 is 38.8 Å². The summed E-state index contributed by atoms with van der Waals surface area (Å²) in [6.45, 7) is 9.48. The molecule has 0 aliphatic heterocycles. The maximum Gasteiger partial charge on any atom is 0.387 e. The summed E-state index contributed by atoms with van der Waals surface area (Å²) in [7, 11) is 0. The van der Waals surface area contributed by atoms with Gasteiger partial charge in [-0.15, -0.1) is 23.2 Å². The van der Waals surface area contributed by atoms with Gasteiger partial charge in [0.2, 0.25) is 12.7 Å². The van der Waals surface area contributed by atoms with Crippen LogP contribution in [-0.2, 0) is 32.2 Å². The van der Waals surface area contributed by atoms with E-state index in [-0.39, 0.29) is 24.5 Å². The Kier molecular flexibility index (Phi) is 8.68. The minimum atomic E-state index is -1.56. The number of rotatable bonds is 9. The standard InChI is InChI=1S/C20H26Cl2N6O8/c1-19(2,3)35-17(29)11(21)13-15(27(31)32)23-9-25(13)7-8-26-10-24-16(28(33)34)14(26)12(22)18(30)36-20(4,5)6/h9-12H,7-8H2,1-6H3. The molecule has 16 heteroatoms. The lowest BCUT2D eigenvalue weighted by Gasteiger charge is -2.22. The van der Waals surface area contributed by atoms with Gasteiger partial charge in [0.05, 0.1) is 0 Å². The number of nitrogens with zero attached hydrogens (tertiary/aromatic N) is 6. The van der Waals surface area contributed by atoms with Gasteiger partial charge in [0.25, 0.3) is 0 Å². The van der Waals surface area contributed by atoms with E-state index in [1.54, 1.807) is 41.5 Å². The summed E-state index contributed by atoms with van der Waals surface area (Å²) in [5.74, 6) is -3.14. The summed E-state index contributed by atoms with van der Waals surface area (Å²) in [5.41, 5.74) is -2.26. The zero-order valence-electron chi connectivity index (χ0n) is 20.4. The van der Waals surface area contributed by atoms with Crippen molar-refractivity contribution in [2.24, 2.45) is 0 Å². The van der Waals surface area contributed by atoms with Crippen LogP contribution in [0.25, 0.3) is 0 Å². The largest absolute Gasteiger partial charge is 0.459 e. The third-order valence-electron chi connectivity index (χ3n) is 4.35. The molecule has 2 aromatic heterocycles. The maximum atomic E-state index is 12.5. The molecule has 198 valence electrons. The Morgan fingerprint density at radius 1 is 0.833 bits per heavy atom. The number of halogens is 2. The van der Waals surface area contributed by atoms with Crippen LogP contribution >= 0.6 is 23.2 Å². The predicted molar refractivity (Wildman–Crippen MR) is 127 cm³/mol. The fourth-order valence-electron chi connectivity index (χ4n) is 3.06. The van der Waals surface area contributed by atoms with Crippen LogP contribution in [0.1, 0.15) is 63.7 Å². The van der Waals surface area contributed by atoms with E-state index in [1.807, 2.05) is 0 Å². The summed E-state index contributed by atoms with van der Waals surface area (Å²) >= 11 is 12.5. The summed E-state index contributed by atoms with van der Waals surface area (Å²) in [5, 5.41) is 19.9. The Balaban J connectivity index is 2.40. The monoisotopic (exact) mass is 548 g/mol. The summed E-state index contributed by atoms with van der Waals surface area (Å²) in [6.07, 6.45) is 2.20. The first-order valence-corrected chi connectivity index (χ1v) is 11.4. The molecule has 2 heterocycles. The first kappa shape index (κ1) is 29.0. The van der Waals surface area contributed by atoms with Gasteiger partial charge in [0.15, 0.2) is 10.8 Å². The molecule has 0 radical (unpaired) electrons. The zero-order valence-corrected chi connectivity index (χ0v) is 21.9. The predicted octanol–water partition coefficient (Wildman–Crippen LogP) is 3.84. The van der Waals surface area contributed by atoms with Gasteiger partial charge in [-0.2, -0.15) is 0 Å². The molecule has 14 nitrogen and oxygen atoms in total. The number of alkyl halides is 2. The maximum absolute atomic E-state index is 12.5. The molecule has 2 rings (SSSR count). The highest BCUT2D eigenvalue weighted by Crippen LogP contribution is 2.33. The van der Waals surface area contributed by atoms with Crippen LogP contribution in [0.15, 0.2) is 12.7 Å². The van der Waals surface area contributed by atoms with Crippen molar-refractivity contribution >= 4 is 46.8 Å². The number of esters is 2. The Labute approximate surface area is 215 Å². The molecule has 36 heavy (non-hydrogen) atoms. The van der Waals surface area contributed by atoms with E-state index in [1.165, 1.54) is 9.13 Å². The molecule has 0 fully saturated rings. The molecule has 0 amide bonds. The lowest BCUT2D eigenvalue weighted by Crippen LogP contribution is -2.28. The molecular formula is C20H26Cl2N6O8. The Morgan fingerprint density at radius 3 is 1.39 bits per heavy atom. The molecular weight excluding hydrogens is 523 g/mol. The van der Waals surface area contributed by atoms with Crippen molar-refractivity contribution in [1.82, 2.24) is 19.1 Å². The fourth-order valence-corrected chi connectivity index (χ4v) is 3.60. The molecule has 2 unspecified atom stereocenters. The highest BCUT2D eigenvalue weighted by molar-refractivity contribution is 6.30. The second-order valence-corrected chi connectivity index (χ2v) is 10.5. The quantitative estimate of drug-likeness (QED) is 0.193. The third-order valence-corrected chi connectivity index (χ3v) is 5.12. The van der Waals surface area contributed by atoms with Crippen LogP contribution in [0.3, 0.4) is 0 Å². The zero-order chi connectivity index (χ0) is 27.6. The molecule has 0 aromatic carbocycles. The average molecular weight is 549 g/mol. The van der Waals surface area contributed by atoms with Crippen molar-refractivity contribution in [3.63, 3.8) is 0 Å². The molecule has 2 aromatic rings. The van der Waals surface area contributed by atoms with Crippen LogP contribution in [0.4, 0.5) is 11.6 Å². The molecule has 2 atom stereocenters. The van der Waals surface area contributed by atoms with Crippen LogP contribution < -0.4 is 0 Å². The van der Waals surface area contributed by atoms with Crippen molar-refractivity contribution in [2.45, 2.75) is 76.6 Å². The van der Waals surface area contributed by atoms with Gasteiger partial charge in [0, 0.05) is 13.1 Å². The number of carbonyl (C=O) groups is 2. The molecule has 0 saturated heterocycles. The van der Waals surface area contributed by atoms with Gasteiger partial charge in [-0.1, -0.05) is 0 Å². The van der Waals surface area contributed by atoms with Crippen molar-refractivity contribution in [1.29, 1.82) is 0 Å². The minimum absolute atomic E-state index is 0.0966. The van der Waals surface area contributed by atoms with E-state index in [9.17, 15) is 29.8 Å². The topological polar surface area (TPSA) is 175 Å². The summed E-state index contributed by atoms with van der Waals surface area (Å²) in [6, 6.07) is 0. The van der Waals surface area contributed by atoms with Gasteiger partial charge in [-0.25, -0.2) is 9.59 Å². The van der Waals surface area contributed by atoms with E-state index in [0.29, 0.717) is 0 Å². The number of imidazole rings is 2. The van der Waals surface area contributed by atoms with Crippen molar-refractivity contribution in [3.8, 4) is 0 Å². The van der Waals surface area contributed by atoms with Gasteiger partial charge in [-0.05, 0) is 61.4 Å². The van der Waals surface area contributed by atoms with Crippen LogP contribution in [-0.4, -0.2) is 52.1 Å². The number of nitro groups is 2. The first-order valence-electron chi connectivity index (χ1n) is 10.6. The van der Waals surface area contributed by atoms with E-state index >= 15 is 0 Å². The van der Waals surface area contributed by atoms with E-state index in [0.717, 1.165) is 12.7 Å². The van der Waals surface area contributed by atoms with Gasteiger partial charge >= 0.3 is 23.6 Å². The van der Waals surface area contributed by atoms with Crippen LogP contribution in [0.5, 0.6) is 0 Å². The smallest absolute Gasteiger partial charge is 0.387 e. The Hall–Kier alpha value is -3.26. The number of hydrogen-bond donors (Lipinski definition) is 0. The Morgan fingerprint density at radius 2 is 1.14 bits per heavy atom. The summed E-state index contributed by atoms with van der Waals surface area (Å²) in [4.78, 5) is 53.8. The molecule has 0 bridgehead atoms. The highest BCUT2D eigenvalue weighted by atomic mass is 35.5. The first-order chi connectivity index (χ1) is 16.4. The molecule has 0 N–H and O–H groups in total. The lowest BCUT2D eigenvalue weighted by atomic mass is 10.2. The Bertz CT molecular complexity index is 1070. The number of carbonyl (C=O) groups excluding carboxylic acids is 2. The van der Waals surface area contributed by atoms with Gasteiger partial charge in [-0.3, -0.25) is 0 Å². The average Bonchev–Trinajstić information content (AvgIpc) is 3.32. The number of ether oxygens (including phenoxy) is 2.